The fraction of sp³-hybridized carbons (Fsp3) is 0.600. The van der Waals surface area contributed by atoms with Crippen LogP contribution in [0, 0.1) is 0 Å². The van der Waals surface area contributed by atoms with Crippen LogP contribution in [-0.2, 0) is 4.79 Å². The minimum absolute atomic E-state index is 0. The van der Waals surface area contributed by atoms with Gasteiger partial charge in [0.25, 0.3) is 0 Å². The van der Waals surface area contributed by atoms with E-state index in [1.165, 1.54) is 24.8 Å². The fourth-order valence-corrected chi connectivity index (χ4v) is 3.97. The molecule has 1 saturated carbocycles. The third-order valence-corrected chi connectivity index (χ3v) is 5.35. The quantitative estimate of drug-likeness (QED) is 0.404. The van der Waals surface area contributed by atoms with Crippen molar-refractivity contribution in [3.05, 3.63) is 35.9 Å². The Bertz CT molecular complexity index is 587. The van der Waals surface area contributed by atoms with Crippen molar-refractivity contribution in [2.45, 2.75) is 50.5 Å². The number of benzene rings is 1. The molecule has 2 aliphatic rings. The van der Waals surface area contributed by atoms with Crippen LogP contribution in [-0.4, -0.2) is 49.5 Å². The number of nitrogens with zero attached hydrogens (tertiary/aromatic N) is 2. The van der Waals surface area contributed by atoms with Gasteiger partial charge in [0.1, 0.15) is 0 Å². The van der Waals surface area contributed by atoms with Crippen molar-refractivity contribution >= 4 is 35.8 Å². The Morgan fingerprint density at radius 2 is 1.88 bits per heavy atom. The number of nitrogens with one attached hydrogen (secondary N) is 2. The first-order valence-corrected chi connectivity index (χ1v) is 9.56. The van der Waals surface area contributed by atoms with E-state index >= 15 is 0 Å². The predicted molar refractivity (Wildman–Crippen MR) is 117 cm³/mol. The summed E-state index contributed by atoms with van der Waals surface area (Å²) in [6.45, 7) is 2.23. The number of rotatable bonds is 4. The minimum Gasteiger partial charge on any atom is -0.352 e. The molecule has 1 aliphatic carbocycles. The van der Waals surface area contributed by atoms with E-state index in [1.807, 2.05) is 0 Å². The van der Waals surface area contributed by atoms with Gasteiger partial charge in [-0.1, -0.05) is 49.6 Å². The van der Waals surface area contributed by atoms with E-state index in [0.29, 0.717) is 18.5 Å². The number of aliphatic imine (C=N–C) groups is 1. The van der Waals surface area contributed by atoms with Crippen LogP contribution in [0.25, 0.3) is 0 Å². The Hall–Kier alpha value is -1.31. The zero-order valence-corrected chi connectivity index (χ0v) is 17.9. The molecule has 0 spiro atoms. The maximum atomic E-state index is 12.2. The van der Waals surface area contributed by atoms with Crippen LogP contribution in [0.15, 0.2) is 35.3 Å². The topological polar surface area (TPSA) is 56.7 Å². The van der Waals surface area contributed by atoms with E-state index in [-0.39, 0.29) is 29.9 Å². The smallest absolute Gasteiger partial charge is 0.239 e. The molecule has 1 atom stereocenters. The van der Waals surface area contributed by atoms with Crippen LogP contribution >= 0.6 is 24.0 Å². The molecular formula is C20H31IN4O. The summed E-state index contributed by atoms with van der Waals surface area (Å²) in [6.07, 6.45) is 7.12. The molecule has 5 nitrogen and oxygen atoms in total. The van der Waals surface area contributed by atoms with Gasteiger partial charge in [-0.25, -0.2) is 0 Å². The van der Waals surface area contributed by atoms with Gasteiger partial charge in [0.2, 0.25) is 5.91 Å². The molecule has 2 N–H and O–H groups in total. The molecule has 1 unspecified atom stereocenters. The zero-order chi connectivity index (χ0) is 17.5. The number of guanidine groups is 1. The van der Waals surface area contributed by atoms with Gasteiger partial charge in [-0.05, 0) is 24.8 Å². The summed E-state index contributed by atoms with van der Waals surface area (Å²) in [5, 5.41) is 6.39. The lowest BCUT2D eigenvalue weighted by Gasteiger charge is -2.24. The molecule has 26 heavy (non-hydrogen) atoms. The molecule has 1 heterocycles. The molecule has 1 aliphatic heterocycles. The fourth-order valence-electron chi connectivity index (χ4n) is 3.97. The number of likely N-dealkylation sites (tertiary alicyclic amines) is 1. The summed E-state index contributed by atoms with van der Waals surface area (Å²) < 4.78 is 0. The number of amides is 1. The third-order valence-electron chi connectivity index (χ3n) is 5.35. The lowest BCUT2D eigenvalue weighted by atomic mass is 9.95. The monoisotopic (exact) mass is 470 g/mol. The highest BCUT2D eigenvalue weighted by atomic mass is 127. The average molecular weight is 470 g/mol. The average Bonchev–Trinajstić information content (AvgIpc) is 3.14. The van der Waals surface area contributed by atoms with Crippen molar-refractivity contribution in [3.8, 4) is 0 Å². The Kier molecular flexibility index (Phi) is 8.68. The number of hydrogen-bond acceptors (Lipinski definition) is 2. The second-order valence-corrected chi connectivity index (χ2v) is 7.15. The molecule has 144 valence electrons. The first-order valence-electron chi connectivity index (χ1n) is 9.56. The van der Waals surface area contributed by atoms with Gasteiger partial charge in [0.15, 0.2) is 5.96 Å². The normalized spacial score (nSPS) is 21.2. The molecule has 1 aromatic rings. The summed E-state index contributed by atoms with van der Waals surface area (Å²) in [6, 6.07) is 11.0. The van der Waals surface area contributed by atoms with Gasteiger partial charge >= 0.3 is 0 Å². The van der Waals surface area contributed by atoms with Gasteiger partial charge in [-0.2, -0.15) is 0 Å². The van der Waals surface area contributed by atoms with E-state index in [2.05, 4.69) is 50.9 Å². The van der Waals surface area contributed by atoms with Gasteiger partial charge < -0.3 is 15.5 Å². The molecule has 0 aromatic heterocycles. The number of halogens is 1. The molecule has 1 aromatic carbocycles. The highest BCUT2D eigenvalue weighted by Gasteiger charge is 2.26. The van der Waals surface area contributed by atoms with Crippen molar-refractivity contribution < 1.29 is 4.79 Å². The zero-order valence-electron chi connectivity index (χ0n) is 15.6. The van der Waals surface area contributed by atoms with Crippen LogP contribution in [0.2, 0.25) is 0 Å². The summed E-state index contributed by atoms with van der Waals surface area (Å²) in [4.78, 5) is 18.8. The Balaban J connectivity index is 0.00000243. The standard InChI is InChI=1S/C20H30N4O.HI/c1-21-20(22-14-19(25)23-18-10-6-3-7-11-18)24-13-12-17(15-24)16-8-4-2-5-9-16;/h2,4-5,8-9,17-18H,3,6-7,10-15H2,1H3,(H,21,22)(H,23,25);1H. The Morgan fingerprint density at radius 1 is 1.15 bits per heavy atom. The lowest BCUT2D eigenvalue weighted by Crippen LogP contribution is -2.46. The molecule has 1 saturated heterocycles. The highest BCUT2D eigenvalue weighted by molar-refractivity contribution is 14.0. The summed E-state index contributed by atoms with van der Waals surface area (Å²) >= 11 is 0. The SMILES string of the molecule is CN=C(NCC(=O)NC1CCCCC1)N1CCC(c2ccccc2)C1.I. The van der Waals surface area contributed by atoms with Crippen LogP contribution in [0.3, 0.4) is 0 Å². The van der Waals surface area contributed by atoms with E-state index in [0.717, 1.165) is 38.3 Å². The van der Waals surface area contributed by atoms with Crippen LogP contribution in [0.1, 0.15) is 50.0 Å². The highest BCUT2D eigenvalue weighted by Crippen LogP contribution is 2.26. The van der Waals surface area contributed by atoms with Crippen molar-refractivity contribution in [2.75, 3.05) is 26.7 Å². The lowest BCUT2D eigenvalue weighted by molar-refractivity contribution is -0.120. The maximum absolute atomic E-state index is 12.2. The van der Waals surface area contributed by atoms with Crippen molar-refractivity contribution in [1.82, 2.24) is 15.5 Å². The Morgan fingerprint density at radius 3 is 2.58 bits per heavy atom. The van der Waals surface area contributed by atoms with E-state index in [9.17, 15) is 4.79 Å². The largest absolute Gasteiger partial charge is 0.352 e. The van der Waals surface area contributed by atoms with E-state index in [1.54, 1.807) is 7.05 Å². The molecule has 6 heteroatoms. The molecule has 0 bridgehead atoms. The summed E-state index contributed by atoms with van der Waals surface area (Å²) in [7, 11) is 1.79. The molecule has 3 rings (SSSR count). The predicted octanol–water partition coefficient (Wildman–Crippen LogP) is 3.12. The number of hydrogen-bond donors (Lipinski definition) is 2. The maximum Gasteiger partial charge on any atom is 0.239 e. The van der Waals surface area contributed by atoms with Crippen molar-refractivity contribution in [1.29, 1.82) is 0 Å². The second kappa shape index (κ2) is 10.7. The second-order valence-electron chi connectivity index (χ2n) is 7.15. The van der Waals surface area contributed by atoms with Crippen LogP contribution in [0.5, 0.6) is 0 Å². The van der Waals surface area contributed by atoms with Crippen LogP contribution in [0.4, 0.5) is 0 Å². The summed E-state index contributed by atoms with van der Waals surface area (Å²) in [5.74, 6) is 1.44. The van der Waals surface area contributed by atoms with Gasteiger partial charge in [0, 0.05) is 32.1 Å². The van der Waals surface area contributed by atoms with Gasteiger partial charge in [-0.3, -0.25) is 9.79 Å². The summed E-state index contributed by atoms with van der Waals surface area (Å²) in [5.41, 5.74) is 1.38. The third kappa shape index (κ3) is 5.86. The van der Waals surface area contributed by atoms with Crippen molar-refractivity contribution in [2.24, 2.45) is 4.99 Å². The molecular weight excluding hydrogens is 439 g/mol. The van der Waals surface area contributed by atoms with E-state index in [4.69, 9.17) is 0 Å². The number of carbonyl (C=O) groups excluding carboxylic acids is 1. The molecule has 2 fully saturated rings. The van der Waals surface area contributed by atoms with Crippen LogP contribution < -0.4 is 10.6 Å². The molecule has 1 amide bonds. The van der Waals surface area contributed by atoms with E-state index < -0.39 is 0 Å². The first-order chi connectivity index (χ1) is 12.3. The van der Waals surface area contributed by atoms with Crippen molar-refractivity contribution in [3.63, 3.8) is 0 Å². The number of carbonyl (C=O) groups is 1. The van der Waals surface area contributed by atoms with Gasteiger partial charge in [-0.15, -0.1) is 24.0 Å². The van der Waals surface area contributed by atoms with Gasteiger partial charge in [0.05, 0.1) is 6.54 Å². The minimum atomic E-state index is 0. The first kappa shape index (κ1) is 21.0. The molecule has 0 radical (unpaired) electrons. The Labute approximate surface area is 174 Å².